The first-order chi connectivity index (χ1) is 10.4. The number of fused-ring (bicyclic) bond motifs is 1. The van der Waals surface area contributed by atoms with Crippen LogP contribution in [-0.4, -0.2) is 30.6 Å². The Morgan fingerprint density at radius 1 is 1.10 bits per heavy atom. The van der Waals surface area contributed by atoms with Gasteiger partial charge in [-0.05, 0) is 69.0 Å². The van der Waals surface area contributed by atoms with Crippen LogP contribution in [0.25, 0.3) is 0 Å². The van der Waals surface area contributed by atoms with Gasteiger partial charge in [-0.25, -0.2) is 0 Å². The highest BCUT2D eigenvalue weighted by Gasteiger charge is 2.41. The quantitative estimate of drug-likeness (QED) is 0.832. The summed E-state index contributed by atoms with van der Waals surface area (Å²) < 4.78 is 0. The standard InChI is InChI=1S/C19H28N2/c1-20-19-17-7-3-2-5-15(17)6-4-8-18(19)21(16-11-12-16)13-14-9-10-14/h2-3,5,7,14,16,18-20H,4,6,8-13H2,1H3. The van der Waals surface area contributed by atoms with Crippen molar-refractivity contribution in [3.05, 3.63) is 35.4 Å². The third kappa shape index (κ3) is 2.89. The van der Waals surface area contributed by atoms with Gasteiger partial charge in [0.05, 0.1) is 0 Å². The molecule has 2 saturated carbocycles. The Hall–Kier alpha value is -0.860. The first-order valence-corrected chi connectivity index (χ1v) is 8.87. The number of nitrogens with zero attached hydrogens (tertiary/aromatic N) is 1. The highest BCUT2D eigenvalue weighted by atomic mass is 15.2. The second-order valence-corrected chi connectivity index (χ2v) is 7.30. The molecule has 3 aliphatic rings. The Balaban J connectivity index is 1.63. The van der Waals surface area contributed by atoms with Crippen LogP contribution in [0.3, 0.4) is 0 Å². The van der Waals surface area contributed by atoms with Crippen molar-refractivity contribution < 1.29 is 0 Å². The Morgan fingerprint density at radius 2 is 1.90 bits per heavy atom. The van der Waals surface area contributed by atoms with Gasteiger partial charge in [-0.1, -0.05) is 24.3 Å². The molecule has 2 fully saturated rings. The minimum Gasteiger partial charge on any atom is -0.312 e. The maximum Gasteiger partial charge on any atom is 0.0478 e. The number of hydrogen-bond acceptors (Lipinski definition) is 2. The van der Waals surface area contributed by atoms with Crippen LogP contribution >= 0.6 is 0 Å². The highest BCUT2D eigenvalue weighted by molar-refractivity contribution is 5.32. The van der Waals surface area contributed by atoms with E-state index in [2.05, 4.69) is 41.5 Å². The van der Waals surface area contributed by atoms with E-state index in [1.165, 1.54) is 51.5 Å². The van der Waals surface area contributed by atoms with Crippen molar-refractivity contribution in [2.45, 2.75) is 63.1 Å². The van der Waals surface area contributed by atoms with Crippen LogP contribution in [0.4, 0.5) is 0 Å². The molecule has 0 spiro atoms. The molecule has 0 aromatic heterocycles. The van der Waals surface area contributed by atoms with Crippen LogP contribution < -0.4 is 5.32 Å². The fraction of sp³-hybridized carbons (Fsp3) is 0.684. The summed E-state index contributed by atoms with van der Waals surface area (Å²) >= 11 is 0. The number of benzene rings is 1. The maximum absolute atomic E-state index is 3.67. The van der Waals surface area contributed by atoms with Gasteiger partial charge in [0.1, 0.15) is 0 Å². The molecular formula is C19H28N2. The molecule has 0 heterocycles. The number of aryl methyl sites for hydroxylation is 1. The molecule has 0 saturated heterocycles. The van der Waals surface area contributed by atoms with E-state index in [0.717, 1.165) is 12.0 Å². The molecule has 0 bridgehead atoms. The molecule has 0 radical (unpaired) electrons. The van der Waals surface area contributed by atoms with Crippen molar-refractivity contribution in [1.82, 2.24) is 10.2 Å². The highest BCUT2D eigenvalue weighted by Crippen LogP contribution is 2.41. The van der Waals surface area contributed by atoms with Crippen LogP contribution in [0, 0.1) is 5.92 Å². The average Bonchev–Trinajstić information content (AvgIpc) is 3.39. The lowest BCUT2D eigenvalue weighted by Gasteiger charge is -2.37. The van der Waals surface area contributed by atoms with Gasteiger partial charge in [-0.15, -0.1) is 0 Å². The molecule has 114 valence electrons. The molecule has 2 nitrogen and oxygen atoms in total. The lowest BCUT2D eigenvalue weighted by molar-refractivity contribution is 0.135. The van der Waals surface area contributed by atoms with Gasteiger partial charge in [0.25, 0.3) is 0 Å². The van der Waals surface area contributed by atoms with Crippen LogP contribution in [0.1, 0.15) is 55.7 Å². The monoisotopic (exact) mass is 284 g/mol. The zero-order valence-corrected chi connectivity index (χ0v) is 13.2. The average molecular weight is 284 g/mol. The van der Waals surface area contributed by atoms with Gasteiger partial charge in [-0.3, -0.25) is 4.90 Å². The van der Waals surface area contributed by atoms with Gasteiger partial charge in [0.2, 0.25) is 0 Å². The summed E-state index contributed by atoms with van der Waals surface area (Å²) in [5.74, 6) is 1.00. The zero-order chi connectivity index (χ0) is 14.2. The minimum atomic E-state index is 0.517. The Bertz CT molecular complexity index is 490. The molecule has 1 N–H and O–H groups in total. The van der Waals surface area contributed by atoms with E-state index in [9.17, 15) is 0 Å². The first-order valence-electron chi connectivity index (χ1n) is 8.87. The van der Waals surface area contributed by atoms with Gasteiger partial charge >= 0.3 is 0 Å². The predicted octanol–water partition coefficient (Wildman–Crippen LogP) is 3.53. The maximum atomic E-state index is 3.67. The molecule has 4 rings (SSSR count). The Labute approximate surface area is 128 Å². The van der Waals surface area contributed by atoms with E-state index in [1.807, 2.05) is 0 Å². The van der Waals surface area contributed by atoms with Crippen molar-refractivity contribution in [3.63, 3.8) is 0 Å². The van der Waals surface area contributed by atoms with Crippen molar-refractivity contribution in [2.75, 3.05) is 13.6 Å². The molecule has 1 aromatic carbocycles. The van der Waals surface area contributed by atoms with Gasteiger partial charge in [0.15, 0.2) is 0 Å². The van der Waals surface area contributed by atoms with Crippen molar-refractivity contribution >= 4 is 0 Å². The fourth-order valence-electron chi connectivity index (χ4n) is 4.21. The second kappa shape index (κ2) is 5.73. The smallest absolute Gasteiger partial charge is 0.0478 e. The lowest BCUT2D eigenvalue weighted by Crippen LogP contribution is -2.45. The summed E-state index contributed by atoms with van der Waals surface area (Å²) in [6.07, 6.45) is 9.75. The van der Waals surface area contributed by atoms with Gasteiger partial charge in [-0.2, -0.15) is 0 Å². The summed E-state index contributed by atoms with van der Waals surface area (Å²) in [5.41, 5.74) is 3.13. The van der Waals surface area contributed by atoms with E-state index in [1.54, 1.807) is 11.1 Å². The number of nitrogens with one attached hydrogen (secondary N) is 1. The molecular weight excluding hydrogens is 256 g/mol. The van der Waals surface area contributed by atoms with Crippen molar-refractivity contribution in [2.24, 2.45) is 5.92 Å². The van der Waals surface area contributed by atoms with Crippen LogP contribution in [0.5, 0.6) is 0 Å². The van der Waals surface area contributed by atoms with E-state index in [-0.39, 0.29) is 0 Å². The van der Waals surface area contributed by atoms with E-state index >= 15 is 0 Å². The molecule has 0 amide bonds. The van der Waals surface area contributed by atoms with Crippen LogP contribution in [0.2, 0.25) is 0 Å². The third-order valence-electron chi connectivity index (χ3n) is 5.64. The predicted molar refractivity (Wildman–Crippen MR) is 87.4 cm³/mol. The van der Waals surface area contributed by atoms with Gasteiger partial charge in [0, 0.05) is 24.7 Å². The topological polar surface area (TPSA) is 15.3 Å². The van der Waals surface area contributed by atoms with E-state index < -0.39 is 0 Å². The summed E-state index contributed by atoms with van der Waals surface area (Å²) in [6.45, 7) is 1.36. The number of likely N-dealkylation sites (N-methyl/N-ethyl adjacent to an activating group) is 1. The minimum absolute atomic E-state index is 0.517. The molecule has 3 aliphatic carbocycles. The van der Waals surface area contributed by atoms with Crippen molar-refractivity contribution in [3.8, 4) is 0 Å². The second-order valence-electron chi connectivity index (χ2n) is 7.30. The molecule has 2 atom stereocenters. The largest absolute Gasteiger partial charge is 0.312 e. The van der Waals surface area contributed by atoms with E-state index in [0.29, 0.717) is 12.1 Å². The first kappa shape index (κ1) is 13.8. The summed E-state index contributed by atoms with van der Waals surface area (Å²) in [7, 11) is 2.15. The molecule has 2 heteroatoms. The van der Waals surface area contributed by atoms with Crippen molar-refractivity contribution in [1.29, 1.82) is 0 Å². The Kier molecular flexibility index (Phi) is 3.76. The third-order valence-corrected chi connectivity index (χ3v) is 5.64. The lowest BCUT2D eigenvalue weighted by atomic mass is 9.94. The summed E-state index contributed by atoms with van der Waals surface area (Å²) in [5, 5.41) is 3.67. The normalized spacial score (nSPS) is 29.2. The molecule has 1 aromatic rings. The Morgan fingerprint density at radius 3 is 2.62 bits per heavy atom. The SMILES string of the molecule is CNC1c2ccccc2CCCC1N(CC1CC1)C1CC1. The van der Waals surface area contributed by atoms with Crippen LogP contribution in [0.15, 0.2) is 24.3 Å². The van der Waals surface area contributed by atoms with Gasteiger partial charge < -0.3 is 5.32 Å². The van der Waals surface area contributed by atoms with Crippen LogP contribution in [-0.2, 0) is 6.42 Å². The summed E-state index contributed by atoms with van der Waals surface area (Å²) in [4.78, 5) is 2.89. The zero-order valence-electron chi connectivity index (χ0n) is 13.2. The summed E-state index contributed by atoms with van der Waals surface area (Å²) in [6, 6.07) is 11.2. The van der Waals surface area contributed by atoms with E-state index in [4.69, 9.17) is 0 Å². The fourth-order valence-corrected chi connectivity index (χ4v) is 4.21. The number of hydrogen-bond donors (Lipinski definition) is 1. The molecule has 21 heavy (non-hydrogen) atoms. The number of rotatable bonds is 5. The molecule has 0 aliphatic heterocycles. The molecule has 2 unspecified atom stereocenters.